The summed E-state index contributed by atoms with van der Waals surface area (Å²) in [6.07, 6.45) is 2.64. The lowest BCUT2D eigenvalue weighted by molar-refractivity contribution is 0.0962. The molecule has 1 aliphatic heterocycles. The molecule has 0 bridgehead atoms. The summed E-state index contributed by atoms with van der Waals surface area (Å²) >= 11 is 0. The molecule has 1 amide bonds. The van der Waals surface area contributed by atoms with Gasteiger partial charge in [0, 0.05) is 28.9 Å². The van der Waals surface area contributed by atoms with Gasteiger partial charge in [-0.25, -0.2) is 13.8 Å². The highest BCUT2D eigenvalue weighted by Crippen LogP contribution is 2.33. The number of ether oxygens (including phenoxy) is 1. The van der Waals surface area contributed by atoms with Crippen molar-refractivity contribution in [2.45, 2.75) is 45.7 Å². The van der Waals surface area contributed by atoms with Crippen LogP contribution in [0.3, 0.4) is 0 Å². The fraction of sp³-hybridized carbons (Fsp3) is 0.276. The Bertz CT molecular complexity index is 1510. The number of anilines is 1. The Labute approximate surface area is 219 Å². The normalized spacial score (nSPS) is 15.0. The van der Waals surface area contributed by atoms with Crippen LogP contribution in [0.2, 0.25) is 0 Å². The number of fused-ring (bicyclic) bond motifs is 1. The van der Waals surface area contributed by atoms with Crippen molar-refractivity contribution in [3.8, 4) is 0 Å². The molecule has 0 spiro atoms. The zero-order chi connectivity index (χ0) is 26.8. The summed E-state index contributed by atoms with van der Waals surface area (Å²) < 4.78 is 35.0. The van der Waals surface area contributed by atoms with Crippen LogP contribution in [0.25, 0.3) is 10.9 Å². The SMILES string of the molecule is CC[C@H]1COC(c2ccc3c(C(=O)NNc4ccc(F)c(F)c4)c(C(C)C)n(Cc4ccccn4)c3c2)=N1. The largest absolute Gasteiger partial charge is 0.475 e. The number of pyridine rings is 1. The van der Waals surface area contributed by atoms with Crippen molar-refractivity contribution < 1.29 is 18.3 Å². The number of halogens is 2. The van der Waals surface area contributed by atoms with Gasteiger partial charge in [-0.2, -0.15) is 0 Å². The molecule has 0 unspecified atom stereocenters. The summed E-state index contributed by atoms with van der Waals surface area (Å²) in [5.74, 6) is -1.77. The molecule has 4 aromatic rings. The molecule has 1 aliphatic rings. The molecule has 9 heteroatoms. The summed E-state index contributed by atoms with van der Waals surface area (Å²) in [5.41, 5.74) is 9.45. The average molecular weight is 518 g/mol. The van der Waals surface area contributed by atoms with Crippen molar-refractivity contribution in [3.63, 3.8) is 0 Å². The molecule has 5 rings (SSSR count). The summed E-state index contributed by atoms with van der Waals surface area (Å²) in [6.45, 7) is 7.15. The number of rotatable bonds is 8. The Balaban J connectivity index is 1.59. The van der Waals surface area contributed by atoms with Crippen LogP contribution in [0.4, 0.5) is 14.5 Å². The zero-order valence-electron chi connectivity index (χ0n) is 21.5. The van der Waals surface area contributed by atoms with Crippen molar-refractivity contribution in [2.75, 3.05) is 12.0 Å². The van der Waals surface area contributed by atoms with Crippen LogP contribution in [-0.4, -0.2) is 34.0 Å². The predicted molar refractivity (Wildman–Crippen MR) is 143 cm³/mol. The second kappa shape index (κ2) is 10.6. The number of nitrogens with zero attached hydrogens (tertiary/aromatic N) is 3. The van der Waals surface area contributed by atoms with Gasteiger partial charge in [-0.05, 0) is 48.7 Å². The number of nitrogens with one attached hydrogen (secondary N) is 2. The van der Waals surface area contributed by atoms with Crippen molar-refractivity contribution in [2.24, 2.45) is 4.99 Å². The molecule has 2 aromatic heterocycles. The molecule has 38 heavy (non-hydrogen) atoms. The number of aromatic nitrogens is 2. The van der Waals surface area contributed by atoms with Gasteiger partial charge >= 0.3 is 0 Å². The lowest BCUT2D eigenvalue weighted by atomic mass is 10.0. The van der Waals surface area contributed by atoms with Crippen molar-refractivity contribution >= 4 is 28.4 Å². The number of aliphatic imine (C=N–C) groups is 1. The molecular weight excluding hydrogens is 488 g/mol. The molecule has 1 atom stereocenters. The van der Waals surface area contributed by atoms with Crippen molar-refractivity contribution in [1.82, 2.24) is 15.0 Å². The maximum Gasteiger partial charge on any atom is 0.272 e. The molecule has 0 saturated heterocycles. The van der Waals surface area contributed by atoms with Gasteiger partial charge in [0.1, 0.15) is 6.61 Å². The number of hydrazine groups is 1. The van der Waals surface area contributed by atoms with Crippen LogP contribution >= 0.6 is 0 Å². The smallest absolute Gasteiger partial charge is 0.272 e. The maximum absolute atomic E-state index is 13.7. The highest BCUT2D eigenvalue weighted by Gasteiger charge is 2.27. The number of carbonyl (C=O) groups is 1. The van der Waals surface area contributed by atoms with E-state index < -0.39 is 17.5 Å². The first-order valence-corrected chi connectivity index (χ1v) is 12.6. The van der Waals surface area contributed by atoms with E-state index in [4.69, 9.17) is 9.73 Å². The second-order valence-electron chi connectivity index (χ2n) is 9.57. The van der Waals surface area contributed by atoms with E-state index in [9.17, 15) is 13.6 Å². The Kier molecular flexibility index (Phi) is 7.09. The molecule has 7 nitrogen and oxygen atoms in total. The fourth-order valence-corrected chi connectivity index (χ4v) is 4.71. The molecule has 0 aliphatic carbocycles. The van der Waals surface area contributed by atoms with Crippen LogP contribution in [0.5, 0.6) is 0 Å². The van der Waals surface area contributed by atoms with Gasteiger partial charge in [-0.1, -0.05) is 32.9 Å². The minimum atomic E-state index is -1.01. The lowest BCUT2D eigenvalue weighted by Gasteiger charge is -2.16. The van der Waals surface area contributed by atoms with Crippen LogP contribution in [0.15, 0.2) is 65.8 Å². The van der Waals surface area contributed by atoms with E-state index in [2.05, 4.69) is 27.3 Å². The van der Waals surface area contributed by atoms with Gasteiger partial charge in [-0.3, -0.25) is 20.6 Å². The van der Waals surface area contributed by atoms with Crippen LogP contribution in [0, 0.1) is 11.6 Å². The minimum Gasteiger partial charge on any atom is -0.475 e. The van der Waals surface area contributed by atoms with E-state index in [0.29, 0.717) is 24.6 Å². The number of hydrogen-bond donors (Lipinski definition) is 2. The summed E-state index contributed by atoms with van der Waals surface area (Å²) in [4.78, 5) is 22.8. The quantitative estimate of drug-likeness (QED) is 0.290. The first-order valence-electron chi connectivity index (χ1n) is 12.6. The fourth-order valence-electron chi connectivity index (χ4n) is 4.71. The van der Waals surface area contributed by atoms with Gasteiger partial charge in [0.05, 0.1) is 35.0 Å². The van der Waals surface area contributed by atoms with E-state index in [1.165, 1.54) is 6.07 Å². The minimum absolute atomic E-state index is 0.0110. The highest BCUT2D eigenvalue weighted by molar-refractivity contribution is 6.10. The first kappa shape index (κ1) is 25.4. The van der Waals surface area contributed by atoms with Gasteiger partial charge in [0.2, 0.25) is 5.90 Å². The average Bonchev–Trinajstić information content (AvgIpc) is 3.53. The van der Waals surface area contributed by atoms with Crippen LogP contribution in [0.1, 0.15) is 60.4 Å². The molecule has 0 saturated carbocycles. The third-order valence-electron chi connectivity index (χ3n) is 6.60. The summed E-state index contributed by atoms with van der Waals surface area (Å²) in [5, 5.41) is 0.753. The Hall–Kier alpha value is -4.27. The van der Waals surface area contributed by atoms with Gasteiger partial charge in [0.25, 0.3) is 5.91 Å². The Morgan fingerprint density at radius 1 is 1.13 bits per heavy atom. The summed E-state index contributed by atoms with van der Waals surface area (Å²) in [7, 11) is 0. The molecular formula is C29H29F2N5O2. The standard InChI is InChI=1S/C29H29F2N5O2/c1-4-19-16-38-29(33-19)18-8-10-22-25(13-18)36(15-21-7-5-6-12-32-21)27(17(2)3)26(22)28(37)35-34-20-9-11-23(30)24(31)14-20/h5-14,17,19,34H,4,15-16H2,1-3H3,(H,35,37)/t19-/m0/s1. The van der Waals surface area contributed by atoms with Gasteiger partial charge in [-0.15, -0.1) is 0 Å². The number of carbonyl (C=O) groups excluding carboxylic acids is 1. The van der Waals surface area contributed by atoms with Gasteiger partial charge < -0.3 is 9.30 Å². The monoisotopic (exact) mass is 517 g/mol. The van der Waals surface area contributed by atoms with E-state index in [-0.39, 0.29) is 17.6 Å². The number of amides is 1. The van der Waals surface area contributed by atoms with Gasteiger partial charge in [0.15, 0.2) is 11.6 Å². The van der Waals surface area contributed by atoms with E-state index in [1.807, 2.05) is 50.2 Å². The zero-order valence-corrected chi connectivity index (χ0v) is 21.5. The van der Waals surface area contributed by atoms with E-state index in [1.54, 1.807) is 6.20 Å². The molecule has 2 N–H and O–H groups in total. The molecule has 0 fully saturated rings. The Morgan fingerprint density at radius 3 is 2.66 bits per heavy atom. The van der Waals surface area contributed by atoms with E-state index in [0.717, 1.165) is 46.4 Å². The number of benzene rings is 2. The third kappa shape index (κ3) is 4.96. The predicted octanol–water partition coefficient (Wildman–Crippen LogP) is 5.80. The molecule has 0 radical (unpaired) electrons. The lowest BCUT2D eigenvalue weighted by Crippen LogP contribution is -2.30. The topological polar surface area (TPSA) is 80.5 Å². The third-order valence-corrected chi connectivity index (χ3v) is 6.60. The second-order valence-corrected chi connectivity index (χ2v) is 9.57. The first-order chi connectivity index (χ1) is 18.4. The van der Waals surface area contributed by atoms with E-state index >= 15 is 0 Å². The molecule has 3 heterocycles. The number of hydrogen-bond acceptors (Lipinski definition) is 5. The maximum atomic E-state index is 13.7. The molecule has 2 aromatic carbocycles. The summed E-state index contributed by atoms with van der Waals surface area (Å²) in [6, 6.07) is 15.0. The van der Waals surface area contributed by atoms with Crippen molar-refractivity contribution in [1.29, 1.82) is 0 Å². The van der Waals surface area contributed by atoms with Crippen LogP contribution < -0.4 is 10.9 Å². The van der Waals surface area contributed by atoms with Crippen molar-refractivity contribution in [3.05, 3.63) is 94.9 Å². The Morgan fingerprint density at radius 2 is 1.97 bits per heavy atom. The van der Waals surface area contributed by atoms with Crippen LogP contribution in [-0.2, 0) is 11.3 Å². The molecule has 196 valence electrons. The highest BCUT2D eigenvalue weighted by atomic mass is 19.2.